The lowest BCUT2D eigenvalue weighted by molar-refractivity contribution is -0.142. The molecule has 12 heavy (non-hydrogen) atoms. The minimum absolute atomic E-state index is 0.102. The third-order valence-corrected chi connectivity index (χ3v) is 2.14. The van der Waals surface area contributed by atoms with Crippen molar-refractivity contribution in [2.24, 2.45) is 5.92 Å². The zero-order valence-corrected chi connectivity index (χ0v) is 8.04. The van der Waals surface area contributed by atoms with Crippen LogP contribution < -0.4 is 0 Å². The number of carbonyl (C=O) groups excluding carboxylic acids is 1. The van der Waals surface area contributed by atoms with Crippen LogP contribution in [0.15, 0.2) is 0 Å². The molecule has 0 aromatic rings. The predicted molar refractivity (Wildman–Crippen MR) is 46.8 cm³/mol. The highest BCUT2D eigenvalue weighted by atomic mass is 16.5. The highest BCUT2D eigenvalue weighted by Crippen LogP contribution is 2.10. The summed E-state index contributed by atoms with van der Waals surface area (Å²) >= 11 is 0. The third-order valence-electron chi connectivity index (χ3n) is 2.14. The normalized spacial score (nSPS) is 24.7. The number of hydrogen-bond acceptors (Lipinski definition) is 2. The Bertz CT molecular complexity index is 168. The first kappa shape index (κ1) is 9.52. The molecule has 1 rings (SSSR count). The minimum Gasteiger partial charge on any atom is -0.377 e. The topological polar surface area (TPSA) is 29.5 Å². The van der Waals surface area contributed by atoms with Gasteiger partial charge in [-0.3, -0.25) is 4.79 Å². The van der Waals surface area contributed by atoms with E-state index in [1.54, 1.807) is 0 Å². The second-order valence-electron chi connectivity index (χ2n) is 3.61. The quantitative estimate of drug-likeness (QED) is 0.586. The molecule has 70 valence electrons. The maximum absolute atomic E-state index is 11.6. The summed E-state index contributed by atoms with van der Waals surface area (Å²) in [6.45, 7) is 8.01. The number of morpholine rings is 1. The summed E-state index contributed by atoms with van der Waals surface area (Å²) in [7, 11) is 0. The Morgan fingerprint density at radius 2 is 2.25 bits per heavy atom. The van der Waals surface area contributed by atoms with Crippen LogP contribution in [0.3, 0.4) is 0 Å². The van der Waals surface area contributed by atoms with Gasteiger partial charge in [-0.1, -0.05) is 13.8 Å². The summed E-state index contributed by atoms with van der Waals surface area (Å²) in [6, 6.07) is 0.244. The molecule has 1 aliphatic rings. The van der Waals surface area contributed by atoms with Gasteiger partial charge in [0.1, 0.15) is 0 Å². The number of hydrogen-bond donors (Lipinski definition) is 0. The molecule has 0 aliphatic carbocycles. The Morgan fingerprint density at radius 3 is 2.75 bits per heavy atom. The van der Waals surface area contributed by atoms with Crippen LogP contribution in [0.5, 0.6) is 0 Å². The van der Waals surface area contributed by atoms with Crippen molar-refractivity contribution in [3.8, 4) is 0 Å². The number of ether oxygens (including phenoxy) is 1. The number of nitrogens with zero attached hydrogens (tertiary/aromatic N) is 1. The molecule has 1 atom stereocenters. The Labute approximate surface area is 73.7 Å². The van der Waals surface area contributed by atoms with Crippen molar-refractivity contribution in [2.75, 3.05) is 19.8 Å². The van der Waals surface area contributed by atoms with E-state index < -0.39 is 0 Å². The monoisotopic (exact) mass is 171 g/mol. The summed E-state index contributed by atoms with van der Waals surface area (Å²) in [5.74, 6) is 0.344. The molecule has 0 N–H and O–H groups in total. The molecule has 0 radical (unpaired) electrons. The highest BCUT2D eigenvalue weighted by Gasteiger charge is 2.24. The molecule has 3 nitrogen and oxygen atoms in total. The fraction of sp³-hybridized carbons (Fsp3) is 0.889. The minimum atomic E-state index is 0.102. The van der Waals surface area contributed by atoms with Crippen LogP contribution in [0.4, 0.5) is 0 Å². The molecule has 1 fully saturated rings. The first-order valence-corrected chi connectivity index (χ1v) is 4.51. The van der Waals surface area contributed by atoms with E-state index in [0.29, 0.717) is 13.2 Å². The Kier molecular flexibility index (Phi) is 3.09. The first-order chi connectivity index (χ1) is 5.63. The van der Waals surface area contributed by atoms with E-state index in [9.17, 15) is 4.79 Å². The molecule has 0 saturated carbocycles. The lowest BCUT2D eigenvalue weighted by atomic mass is 10.1. The van der Waals surface area contributed by atoms with Gasteiger partial charge < -0.3 is 9.64 Å². The Balaban J connectivity index is 2.53. The van der Waals surface area contributed by atoms with Crippen LogP contribution in [-0.4, -0.2) is 36.6 Å². The third kappa shape index (κ3) is 1.97. The summed E-state index contributed by atoms with van der Waals surface area (Å²) in [5.41, 5.74) is 0. The van der Waals surface area contributed by atoms with Crippen molar-refractivity contribution in [1.29, 1.82) is 0 Å². The van der Waals surface area contributed by atoms with Crippen LogP contribution in [0, 0.1) is 5.92 Å². The van der Waals surface area contributed by atoms with E-state index >= 15 is 0 Å². The van der Waals surface area contributed by atoms with Gasteiger partial charge >= 0.3 is 0 Å². The molecular formula is C9H17NO2. The second kappa shape index (κ2) is 3.90. The average molecular weight is 171 g/mol. The van der Waals surface area contributed by atoms with Crippen molar-refractivity contribution in [3.63, 3.8) is 0 Å². The van der Waals surface area contributed by atoms with Gasteiger partial charge in [0, 0.05) is 12.5 Å². The number of rotatable bonds is 1. The van der Waals surface area contributed by atoms with Crippen molar-refractivity contribution in [3.05, 3.63) is 0 Å². The van der Waals surface area contributed by atoms with Crippen LogP contribution in [0.2, 0.25) is 0 Å². The Hall–Kier alpha value is -0.570. The molecule has 3 heteroatoms. The maximum Gasteiger partial charge on any atom is 0.225 e. The fourth-order valence-corrected chi connectivity index (χ4v) is 1.39. The van der Waals surface area contributed by atoms with E-state index in [1.165, 1.54) is 0 Å². The molecular weight excluding hydrogens is 154 g/mol. The van der Waals surface area contributed by atoms with Gasteiger partial charge in [-0.15, -0.1) is 0 Å². The lowest BCUT2D eigenvalue weighted by Gasteiger charge is -2.34. The van der Waals surface area contributed by atoms with Gasteiger partial charge in [-0.2, -0.15) is 0 Å². The average Bonchev–Trinajstić information content (AvgIpc) is 2.04. The van der Waals surface area contributed by atoms with E-state index in [1.807, 2.05) is 25.7 Å². The molecule has 0 spiro atoms. The fourth-order valence-electron chi connectivity index (χ4n) is 1.39. The molecule has 0 aromatic carbocycles. The van der Waals surface area contributed by atoms with Gasteiger partial charge in [0.15, 0.2) is 0 Å². The van der Waals surface area contributed by atoms with Gasteiger partial charge in [-0.25, -0.2) is 0 Å². The zero-order valence-electron chi connectivity index (χ0n) is 8.04. The summed E-state index contributed by atoms with van der Waals surface area (Å²) < 4.78 is 5.25. The summed E-state index contributed by atoms with van der Waals surface area (Å²) in [4.78, 5) is 13.5. The molecule has 1 aliphatic heterocycles. The lowest BCUT2D eigenvalue weighted by Crippen LogP contribution is -2.48. The van der Waals surface area contributed by atoms with Crippen LogP contribution >= 0.6 is 0 Å². The smallest absolute Gasteiger partial charge is 0.225 e. The standard InChI is InChI=1S/C9H17NO2/c1-7(2)9(11)10-4-5-12-6-8(10)3/h7-8H,4-6H2,1-3H3/t8-/m1/s1. The molecule has 0 bridgehead atoms. The number of carbonyl (C=O) groups is 1. The summed E-state index contributed by atoms with van der Waals surface area (Å²) in [5, 5.41) is 0. The zero-order chi connectivity index (χ0) is 9.14. The van der Waals surface area contributed by atoms with Crippen LogP contribution in [0.1, 0.15) is 20.8 Å². The van der Waals surface area contributed by atoms with Crippen molar-refractivity contribution in [2.45, 2.75) is 26.8 Å². The largest absolute Gasteiger partial charge is 0.377 e. The van der Waals surface area contributed by atoms with Crippen molar-refractivity contribution < 1.29 is 9.53 Å². The number of amides is 1. The van der Waals surface area contributed by atoms with Gasteiger partial charge in [0.25, 0.3) is 0 Å². The van der Waals surface area contributed by atoms with Gasteiger partial charge in [-0.05, 0) is 6.92 Å². The molecule has 0 aromatic heterocycles. The maximum atomic E-state index is 11.6. The predicted octanol–water partition coefficient (Wildman–Crippen LogP) is 0.890. The van der Waals surface area contributed by atoms with Crippen LogP contribution in [0.25, 0.3) is 0 Å². The molecule has 1 amide bonds. The van der Waals surface area contributed by atoms with Crippen LogP contribution in [-0.2, 0) is 9.53 Å². The van der Waals surface area contributed by atoms with E-state index in [4.69, 9.17) is 4.74 Å². The SMILES string of the molecule is CC(C)C(=O)N1CCOC[C@H]1C. The molecule has 0 unspecified atom stereocenters. The van der Waals surface area contributed by atoms with Crippen molar-refractivity contribution in [1.82, 2.24) is 4.90 Å². The Morgan fingerprint density at radius 1 is 1.58 bits per heavy atom. The second-order valence-corrected chi connectivity index (χ2v) is 3.61. The highest BCUT2D eigenvalue weighted by molar-refractivity contribution is 5.78. The first-order valence-electron chi connectivity index (χ1n) is 4.51. The molecule has 1 saturated heterocycles. The van der Waals surface area contributed by atoms with E-state index in [2.05, 4.69) is 0 Å². The van der Waals surface area contributed by atoms with E-state index in [0.717, 1.165) is 6.54 Å². The molecule has 1 heterocycles. The van der Waals surface area contributed by atoms with E-state index in [-0.39, 0.29) is 17.9 Å². The summed E-state index contributed by atoms with van der Waals surface area (Å²) in [6.07, 6.45) is 0. The van der Waals surface area contributed by atoms with Gasteiger partial charge in [0.05, 0.1) is 19.3 Å². The van der Waals surface area contributed by atoms with Crippen molar-refractivity contribution >= 4 is 5.91 Å². The van der Waals surface area contributed by atoms with Gasteiger partial charge in [0.2, 0.25) is 5.91 Å².